The number of rotatable bonds is 1. The summed E-state index contributed by atoms with van der Waals surface area (Å²) in [6, 6.07) is 0. The molecule has 0 aromatic carbocycles. The maximum Gasteiger partial charge on any atom is 0.116 e. The second-order valence-electron chi connectivity index (χ2n) is 0.990. The maximum atomic E-state index is 9.72. The van der Waals surface area contributed by atoms with Gasteiger partial charge < -0.3 is 4.89 Å². The molecule has 0 aliphatic rings. The van der Waals surface area contributed by atoms with Gasteiger partial charge in [-0.1, -0.05) is 23.2 Å². The molecule has 38 valence electrons. The van der Waals surface area contributed by atoms with E-state index in [1.807, 2.05) is 0 Å². The van der Waals surface area contributed by atoms with Crippen LogP contribution in [0.5, 0.6) is 0 Å². The van der Waals surface area contributed by atoms with Crippen LogP contribution in [0.4, 0.5) is 0 Å². The molecule has 6 heavy (non-hydrogen) atoms. The van der Waals surface area contributed by atoms with Crippen molar-refractivity contribution in [1.82, 2.24) is 0 Å². The lowest BCUT2D eigenvalue weighted by Crippen LogP contribution is -2.01. The Labute approximate surface area is 48.5 Å². The van der Waals surface area contributed by atoms with Crippen LogP contribution in [0.25, 0.3) is 0 Å². The minimum absolute atomic E-state index is 0.652. The maximum absolute atomic E-state index is 9.72. The van der Waals surface area contributed by atoms with Crippen molar-refractivity contribution < 1.29 is 4.89 Å². The van der Waals surface area contributed by atoms with Gasteiger partial charge in [0, 0.05) is 0 Å². The molecular weight excluding hydrogens is 142 g/mol. The van der Waals surface area contributed by atoms with Gasteiger partial charge in [-0.25, -0.2) is 0 Å². The van der Waals surface area contributed by atoms with E-state index in [-0.39, 0.29) is 0 Å². The van der Waals surface area contributed by atoms with E-state index in [0.717, 1.165) is 0 Å². The third-order valence-electron chi connectivity index (χ3n) is 0.179. The number of hydrogen-bond acceptors (Lipinski definition) is 1. The summed E-state index contributed by atoms with van der Waals surface area (Å²) in [4.78, 5) is 9.72. The Morgan fingerprint density at radius 1 is 1.67 bits per heavy atom. The first-order valence-electron chi connectivity index (χ1n) is 1.33. The summed E-state index contributed by atoms with van der Waals surface area (Å²) in [5.74, 6) is 0. The summed E-state index contributed by atoms with van der Waals surface area (Å²) in [6.45, 7) is 1.47. The van der Waals surface area contributed by atoms with Crippen LogP contribution in [0.2, 0.25) is 0 Å². The van der Waals surface area contributed by atoms with Gasteiger partial charge in [0.05, 0.1) is 0 Å². The lowest BCUT2D eigenvalue weighted by atomic mass is 10.9. The van der Waals surface area contributed by atoms with Gasteiger partial charge in [-0.15, -0.1) is 0 Å². The van der Waals surface area contributed by atoms with Crippen molar-refractivity contribution in [1.29, 1.82) is 0 Å². The molecule has 0 saturated heterocycles. The Kier molecular flexibility index (Phi) is 2.70. The zero-order chi connectivity index (χ0) is 5.21. The predicted octanol–water partition coefficient (Wildman–Crippen LogP) is 1.09. The average molecular weight is 146 g/mol. The first-order valence-corrected chi connectivity index (χ1v) is 3.00. The fourth-order valence-corrected chi connectivity index (χ4v) is 0. The summed E-state index contributed by atoms with van der Waals surface area (Å²) < 4.78 is -1.04. The Morgan fingerprint density at radius 3 is 1.83 bits per heavy atom. The van der Waals surface area contributed by atoms with Crippen molar-refractivity contribution in [2.45, 2.75) is 11.0 Å². The second-order valence-corrected chi connectivity index (χ2v) is 4.53. The molecule has 0 aliphatic carbocycles. The topological polar surface area (TPSA) is 23.1 Å². The van der Waals surface area contributed by atoms with Crippen molar-refractivity contribution in [3.05, 3.63) is 0 Å². The van der Waals surface area contributed by atoms with E-state index >= 15 is 0 Å². The van der Waals surface area contributed by atoms with Crippen LogP contribution in [-0.4, -0.2) is 4.07 Å². The van der Waals surface area contributed by atoms with Crippen LogP contribution in [0.1, 0.15) is 6.92 Å². The molecule has 0 rings (SSSR count). The predicted molar refractivity (Wildman–Crippen MR) is 28.4 cm³/mol. The van der Waals surface area contributed by atoms with E-state index in [1.165, 1.54) is 6.92 Å². The van der Waals surface area contributed by atoms with Crippen LogP contribution in [-0.2, 0) is 0 Å². The van der Waals surface area contributed by atoms with Gasteiger partial charge in [-0.05, 0) is 6.92 Å². The molecule has 0 amide bonds. The van der Waals surface area contributed by atoms with Gasteiger partial charge in [-0.2, -0.15) is 8.81 Å². The van der Waals surface area contributed by atoms with Crippen LogP contribution >= 0.6 is 32.0 Å². The Morgan fingerprint density at radius 2 is 1.83 bits per heavy atom. The SMILES string of the molecule is CC(Cl)(Cl)P[O-]. The molecule has 0 spiro atoms. The Bertz CT molecular complexity index is 41.3. The van der Waals surface area contributed by atoms with Gasteiger partial charge in [-0.3, -0.25) is 0 Å². The third-order valence-corrected chi connectivity index (χ3v) is 1.00. The van der Waals surface area contributed by atoms with Crippen molar-refractivity contribution >= 4 is 32.0 Å². The highest BCUT2D eigenvalue weighted by molar-refractivity contribution is 7.38. The van der Waals surface area contributed by atoms with Crippen molar-refractivity contribution in [3.8, 4) is 0 Å². The standard InChI is InChI=1S/C2H4Cl2OP/c1-2(3,4)6-5/h6H,1H3/q-1. The van der Waals surface area contributed by atoms with Crippen molar-refractivity contribution in [3.63, 3.8) is 0 Å². The Hall–Kier alpha value is 0.970. The third kappa shape index (κ3) is 4.97. The number of alkyl halides is 2. The van der Waals surface area contributed by atoms with Crippen LogP contribution in [0.3, 0.4) is 0 Å². The summed E-state index contributed by atoms with van der Waals surface area (Å²) >= 11 is 10.4. The molecule has 1 atom stereocenters. The van der Waals surface area contributed by atoms with Gasteiger partial charge >= 0.3 is 0 Å². The molecule has 4 heteroatoms. The molecule has 0 saturated carbocycles. The molecule has 1 nitrogen and oxygen atoms in total. The van der Waals surface area contributed by atoms with Gasteiger partial charge in [0.25, 0.3) is 0 Å². The highest BCUT2D eigenvalue weighted by atomic mass is 35.5. The van der Waals surface area contributed by atoms with Gasteiger partial charge in [0.2, 0.25) is 0 Å². The Balaban J connectivity index is 3.17. The summed E-state index contributed by atoms with van der Waals surface area (Å²) in [7, 11) is -0.652. The molecule has 0 fully saturated rings. The van der Waals surface area contributed by atoms with Crippen LogP contribution < -0.4 is 4.89 Å². The first-order chi connectivity index (χ1) is 2.56. The zero-order valence-electron chi connectivity index (χ0n) is 3.16. The van der Waals surface area contributed by atoms with Crippen LogP contribution in [0.15, 0.2) is 0 Å². The van der Waals surface area contributed by atoms with Gasteiger partial charge in [0.1, 0.15) is 4.07 Å². The monoisotopic (exact) mass is 145 g/mol. The quantitative estimate of drug-likeness (QED) is 0.401. The number of hydrogen-bond donors (Lipinski definition) is 0. The highest BCUT2D eigenvalue weighted by Crippen LogP contribution is 2.33. The molecule has 0 radical (unpaired) electrons. The smallest absolute Gasteiger partial charge is 0.116 e. The average Bonchev–Trinajstić information content (AvgIpc) is 1.35. The molecule has 0 heterocycles. The summed E-state index contributed by atoms with van der Waals surface area (Å²) in [6.07, 6.45) is 0. The van der Waals surface area contributed by atoms with E-state index in [1.54, 1.807) is 0 Å². The minimum Gasteiger partial charge on any atom is -0.830 e. The van der Waals surface area contributed by atoms with Crippen LogP contribution in [0, 0.1) is 0 Å². The summed E-state index contributed by atoms with van der Waals surface area (Å²) in [5, 5.41) is 0. The van der Waals surface area contributed by atoms with E-state index < -0.39 is 12.9 Å². The fraction of sp³-hybridized carbons (Fsp3) is 1.00. The first kappa shape index (κ1) is 6.97. The molecule has 1 unspecified atom stereocenters. The highest BCUT2D eigenvalue weighted by Gasteiger charge is 2.06. The second kappa shape index (κ2) is 2.32. The van der Waals surface area contributed by atoms with Crippen molar-refractivity contribution in [2.75, 3.05) is 0 Å². The normalized spacial score (nSPS) is 14.0. The largest absolute Gasteiger partial charge is 0.830 e. The van der Waals surface area contributed by atoms with E-state index in [9.17, 15) is 4.89 Å². The summed E-state index contributed by atoms with van der Waals surface area (Å²) in [5.41, 5.74) is 0. The minimum atomic E-state index is -1.04. The van der Waals surface area contributed by atoms with E-state index in [2.05, 4.69) is 0 Å². The van der Waals surface area contributed by atoms with E-state index in [0.29, 0.717) is 0 Å². The zero-order valence-corrected chi connectivity index (χ0v) is 5.68. The molecule has 0 bridgehead atoms. The lowest BCUT2D eigenvalue weighted by Gasteiger charge is -2.15. The number of halogens is 2. The molecular formula is C2H4Cl2OP-. The molecule has 0 N–H and O–H groups in total. The molecule has 0 aliphatic heterocycles. The fourth-order valence-electron chi connectivity index (χ4n) is 0. The molecule has 0 aromatic rings. The lowest BCUT2D eigenvalue weighted by molar-refractivity contribution is -0.151. The molecule has 0 aromatic heterocycles. The van der Waals surface area contributed by atoms with Gasteiger partial charge in [0.15, 0.2) is 0 Å². The van der Waals surface area contributed by atoms with Crippen molar-refractivity contribution in [2.24, 2.45) is 0 Å². The van der Waals surface area contributed by atoms with E-state index in [4.69, 9.17) is 23.2 Å².